The number of pyridine rings is 1. The Bertz CT molecular complexity index is 1550. The minimum atomic E-state index is -0.437. The molecular weight excluding hydrogens is 432 g/mol. The summed E-state index contributed by atoms with van der Waals surface area (Å²) >= 11 is 6.39. The molecule has 1 amide bonds. The van der Waals surface area contributed by atoms with Gasteiger partial charge in [-0.2, -0.15) is 0 Å². The van der Waals surface area contributed by atoms with Crippen LogP contribution in [0.2, 0.25) is 5.02 Å². The standard InChI is InChI=1S/C28H21ClN2O2/c1-18(30-27(32)23-15-7-10-19-9-5-6-14-22(19)23)25-17-20-11-8-16-24(29)26(20)28(33)31(25)21-12-3-2-4-13-21/h2-18H,1H3,(H,30,32). The van der Waals surface area contributed by atoms with Crippen LogP contribution in [0.3, 0.4) is 0 Å². The van der Waals surface area contributed by atoms with E-state index in [1.165, 1.54) is 0 Å². The Morgan fingerprint density at radius 3 is 2.33 bits per heavy atom. The molecule has 4 nitrogen and oxygen atoms in total. The highest BCUT2D eigenvalue weighted by Gasteiger charge is 2.20. The molecule has 1 aromatic heterocycles. The monoisotopic (exact) mass is 452 g/mol. The smallest absolute Gasteiger partial charge is 0.264 e. The molecule has 33 heavy (non-hydrogen) atoms. The molecule has 0 fully saturated rings. The third-order valence-electron chi connectivity index (χ3n) is 5.86. The molecule has 0 aliphatic rings. The lowest BCUT2D eigenvalue weighted by Gasteiger charge is -2.21. The molecule has 0 aliphatic carbocycles. The van der Waals surface area contributed by atoms with Crippen LogP contribution >= 0.6 is 11.6 Å². The van der Waals surface area contributed by atoms with E-state index >= 15 is 0 Å². The Morgan fingerprint density at radius 1 is 0.848 bits per heavy atom. The zero-order chi connectivity index (χ0) is 22.9. The molecule has 0 bridgehead atoms. The van der Waals surface area contributed by atoms with Crippen LogP contribution in [0.15, 0.2) is 102 Å². The van der Waals surface area contributed by atoms with Gasteiger partial charge in [0.2, 0.25) is 0 Å². The van der Waals surface area contributed by atoms with Crippen molar-refractivity contribution in [3.8, 4) is 5.69 Å². The summed E-state index contributed by atoms with van der Waals surface area (Å²) in [7, 11) is 0. The van der Waals surface area contributed by atoms with E-state index in [9.17, 15) is 9.59 Å². The predicted octanol–water partition coefficient (Wildman–Crippen LogP) is 6.29. The van der Waals surface area contributed by atoms with Gasteiger partial charge in [-0.3, -0.25) is 14.2 Å². The molecule has 162 valence electrons. The zero-order valence-electron chi connectivity index (χ0n) is 18.0. The van der Waals surface area contributed by atoms with Crippen LogP contribution in [-0.4, -0.2) is 10.5 Å². The summed E-state index contributed by atoms with van der Waals surface area (Å²) in [5.74, 6) is -0.197. The van der Waals surface area contributed by atoms with E-state index in [4.69, 9.17) is 11.6 Å². The van der Waals surface area contributed by atoms with Gasteiger partial charge in [-0.1, -0.05) is 78.3 Å². The fourth-order valence-corrected chi connectivity index (χ4v) is 4.54. The van der Waals surface area contributed by atoms with Crippen molar-refractivity contribution in [2.24, 2.45) is 0 Å². The van der Waals surface area contributed by atoms with E-state index in [-0.39, 0.29) is 11.5 Å². The number of rotatable bonds is 4. The summed E-state index contributed by atoms with van der Waals surface area (Å²) in [6.45, 7) is 1.88. The fraction of sp³-hybridized carbons (Fsp3) is 0.0714. The first kappa shape index (κ1) is 21.0. The van der Waals surface area contributed by atoms with E-state index < -0.39 is 6.04 Å². The summed E-state index contributed by atoms with van der Waals surface area (Å²) in [5.41, 5.74) is 1.77. The molecule has 0 radical (unpaired) electrons. The van der Waals surface area contributed by atoms with Crippen LogP contribution in [0, 0.1) is 0 Å². The first-order valence-corrected chi connectivity index (χ1v) is 11.1. The fourth-order valence-electron chi connectivity index (χ4n) is 4.27. The van der Waals surface area contributed by atoms with E-state index in [1.807, 2.05) is 97.9 Å². The number of amides is 1. The van der Waals surface area contributed by atoms with E-state index in [0.29, 0.717) is 27.4 Å². The second kappa shape index (κ2) is 8.57. The number of nitrogens with one attached hydrogen (secondary N) is 1. The first-order valence-electron chi connectivity index (χ1n) is 10.7. The SMILES string of the molecule is CC(NC(=O)c1cccc2ccccc12)c1cc2cccc(Cl)c2c(=O)n1-c1ccccc1. The maximum absolute atomic E-state index is 13.6. The summed E-state index contributed by atoms with van der Waals surface area (Å²) < 4.78 is 1.63. The van der Waals surface area contributed by atoms with Crippen LogP contribution in [0.4, 0.5) is 0 Å². The summed E-state index contributed by atoms with van der Waals surface area (Å²) in [6.07, 6.45) is 0. The zero-order valence-corrected chi connectivity index (χ0v) is 18.7. The number of benzene rings is 4. The largest absolute Gasteiger partial charge is 0.344 e. The molecular formula is C28H21ClN2O2. The molecule has 0 spiro atoms. The quantitative estimate of drug-likeness (QED) is 0.348. The van der Waals surface area contributed by atoms with Crippen LogP contribution < -0.4 is 10.9 Å². The number of carbonyl (C=O) groups is 1. The average molecular weight is 453 g/mol. The van der Waals surface area contributed by atoms with Crippen molar-refractivity contribution < 1.29 is 4.79 Å². The lowest BCUT2D eigenvalue weighted by molar-refractivity contribution is 0.0940. The molecule has 0 saturated heterocycles. The Balaban J connectivity index is 1.63. The number of carbonyl (C=O) groups excluding carboxylic acids is 1. The molecule has 1 N–H and O–H groups in total. The van der Waals surface area contributed by atoms with E-state index in [1.54, 1.807) is 10.6 Å². The highest BCUT2D eigenvalue weighted by molar-refractivity contribution is 6.35. The molecule has 1 atom stereocenters. The Hall–Kier alpha value is -3.89. The molecule has 1 unspecified atom stereocenters. The van der Waals surface area contributed by atoms with E-state index in [2.05, 4.69) is 5.32 Å². The van der Waals surface area contributed by atoms with Gasteiger partial charge in [-0.25, -0.2) is 0 Å². The summed E-state index contributed by atoms with van der Waals surface area (Å²) in [5, 5.41) is 6.57. The van der Waals surface area contributed by atoms with Gasteiger partial charge in [0.25, 0.3) is 11.5 Å². The molecule has 0 aliphatic heterocycles. The highest BCUT2D eigenvalue weighted by Crippen LogP contribution is 2.26. The molecule has 4 aromatic carbocycles. The van der Waals surface area contributed by atoms with Crippen LogP contribution in [-0.2, 0) is 0 Å². The van der Waals surface area contributed by atoms with Gasteiger partial charge in [0.05, 0.1) is 16.5 Å². The lowest BCUT2D eigenvalue weighted by atomic mass is 10.0. The number of halogens is 1. The van der Waals surface area contributed by atoms with Gasteiger partial charge >= 0.3 is 0 Å². The lowest BCUT2D eigenvalue weighted by Crippen LogP contribution is -2.32. The predicted molar refractivity (Wildman–Crippen MR) is 134 cm³/mol. The van der Waals surface area contributed by atoms with Gasteiger partial charge in [0.1, 0.15) is 0 Å². The van der Waals surface area contributed by atoms with E-state index in [0.717, 1.165) is 16.2 Å². The number of para-hydroxylation sites is 1. The second-order valence-electron chi connectivity index (χ2n) is 7.97. The maximum Gasteiger partial charge on any atom is 0.264 e. The molecule has 1 heterocycles. The molecule has 5 aromatic rings. The number of hydrogen-bond acceptors (Lipinski definition) is 2. The van der Waals surface area contributed by atoms with Gasteiger partial charge in [0.15, 0.2) is 0 Å². The van der Waals surface area contributed by atoms with Crippen LogP contribution in [0.5, 0.6) is 0 Å². The molecule has 5 rings (SSSR count). The minimum Gasteiger partial charge on any atom is -0.344 e. The first-order chi connectivity index (χ1) is 16.0. The van der Waals surface area contributed by atoms with Crippen molar-refractivity contribution in [3.63, 3.8) is 0 Å². The maximum atomic E-state index is 13.6. The Labute approximate surface area is 196 Å². The molecule has 0 saturated carbocycles. The van der Waals surface area contributed by atoms with Crippen LogP contribution in [0.25, 0.3) is 27.2 Å². The Morgan fingerprint density at radius 2 is 1.52 bits per heavy atom. The van der Waals surface area contributed by atoms with Gasteiger partial charge < -0.3 is 5.32 Å². The minimum absolute atomic E-state index is 0.197. The average Bonchev–Trinajstić information content (AvgIpc) is 2.84. The van der Waals surface area contributed by atoms with Crippen molar-refractivity contribution in [2.75, 3.05) is 0 Å². The number of fused-ring (bicyclic) bond motifs is 2. The Kier molecular flexibility index (Phi) is 5.45. The van der Waals surface area contributed by atoms with Crippen LogP contribution in [0.1, 0.15) is 29.0 Å². The van der Waals surface area contributed by atoms with Crippen molar-refractivity contribution in [2.45, 2.75) is 13.0 Å². The summed E-state index contributed by atoms with van der Waals surface area (Å²) in [6, 6.07) is 29.7. The summed E-state index contributed by atoms with van der Waals surface area (Å²) in [4.78, 5) is 26.8. The second-order valence-corrected chi connectivity index (χ2v) is 8.38. The van der Waals surface area contributed by atoms with Gasteiger partial charge in [-0.15, -0.1) is 0 Å². The van der Waals surface area contributed by atoms with Gasteiger partial charge in [-0.05, 0) is 53.4 Å². The number of nitrogens with zero attached hydrogens (tertiary/aromatic N) is 1. The van der Waals surface area contributed by atoms with Gasteiger partial charge in [0, 0.05) is 16.9 Å². The third kappa shape index (κ3) is 3.79. The molecule has 5 heteroatoms. The number of aromatic nitrogens is 1. The topological polar surface area (TPSA) is 51.1 Å². The van der Waals surface area contributed by atoms with Crippen molar-refractivity contribution in [3.05, 3.63) is 124 Å². The third-order valence-corrected chi connectivity index (χ3v) is 6.18. The normalized spacial score (nSPS) is 12.1. The van der Waals surface area contributed by atoms with Crippen molar-refractivity contribution in [1.29, 1.82) is 0 Å². The number of hydrogen-bond donors (Lipinski definition) is 1. The highest BCUT2D eigenvalue weighted by atomic mass is 35.5. The van der Waals surface area contributed by atoms with Crippen molar-refractivity contribution >= 4 is 39.1 Å². The van der Waals surface area contributed by atoms with Crippen molar-refractivity contribution in [1.82, 2.24) is 9.88 Å².